The number of hydrogen-bond donors (Lipinski definition) is 3. The molecule has 4 aliphatic carbocycles. The second-order valence-corrected chi connectivity index (χ2v) is 9.36. The fourth-order valence-electron chi connectivity index (χ4n) is 5.70. The Kier molecular flexibility index (Phi) is 4.01. The van der Waals surface area contributed by atoms with Gasteiger partial charge in [0, 0.05) is 41.0 Å². The first-order valence-corrected chi connectivity index (χ1v) is 10.7. The van der Waals surface area contributed by atoms with Crippen LogP contribution in [0.1, 0.15) is 43.7 Å². The average Bonchev–Trinajstić information content (AvgIpc) is 3.32. The molecule has 1 amide bonds. The molecule has 0 unspecified atom stereocenters. The predicted molar refractivity (Wildman–Crippen MR) is 106 cm³/mol. The average molecular weight is 449 g/mol. The molecule has 2 aromatic heterocycles. The van der Waals surface area contributed by atoms with Crippen LogP contribution < -0.4 is 15.4 Å². The van der Waals surface area contributed by atoms with Gasteiger partial charge in [-0.15, -0.1) is 0 Å². The van der Waals surface area contributed by atoms with Crippen molar-refractivity contribution in [2.75, 3.05) is 11.9 Å². The molecule has 8 nitrogen and oxygen atoms in total. The number of carbonyl (C=O) groups is 1. The van der Waals surface area contributed by atoms with Crippen molar-refractivity contribution in [2.24, 2.45) is 5.41 Å². The summed E-state index contributed by atoms with van der Waals surface area (Å²) in [5.74, 6) is -2.45. The molecule has 4 saturated carbocycles. The van der Waals surface area contributed by atoms with Crippen molar-refractivity contribution in [1.82, 2.24) is 20.5 Å². The Balaban J connectivity index is 1.28. The zero-order valence-electron chi connectivity index (χ0n) is 17.0. The van der Waals surface area contributed by atoms with Crippen LogP contribution in [0.4, 0.5) is 29.5 Å². The van der Waals surface area contributed by atoms with Crippen LogP contribution in [-0.2, 0) is 4.74 Å². The summed E-state index contributed by atoms with van der Waals surface area (Å²) in [6, 6.07) is 5.18. The largest absolute Gasteiger partial charge is 0.478 e. The van der Waals surface area contributed by atoms with E-state index >= 15 is 0 Å². The van der Waals surface area contributed by atoms with Gasteiger partial charge in [0.05, 0.1) is 6.61 Å². The quantitative estimate of drug-likeness (QED) is 0.566. The van der Waals surface area contributed by atoms with Crippen LogP contribution >= 0.6 is 0 Å². The summed E-state index contributed by atoms with van der Waals surface area (Å²) < 4.78 is 55.2. The number of ether oxygens (including phenoxy) is 2. The van der Waals surface area contributed by atoms with E-state index in [1.807, 2.05) is 0 Å². The zero-order chi connectivity index (χ0) is 22.1. The summed E-state index contributed by atoms with van der Waals surface area (Å²) in [6.07, 6.45) is -0.991. The first-order chi connectivity index (χ1) is 15.3. The molecule has 11 heteroatoms. The fourth-order valence-corrected chi connectivity index (χ4v) is 5.70. The van der Waals surface area contributed by atoms with Crippen LogP contribution in [0.25, 0.3) is 0 Å². The number of aromatic amines is 1. The fraction of sp³-hybridized carbons (Fsp3) is 0.571. The van der Waals surface area contributed by atoms with E-state index in [0.717, 1.165) is 0 Å². The monoisotopic (exact) mass is 449 g/mol. The molecule has 0 radical (unpaired) electrons. The van der Waals surface area contributed by atoms with Crippen LogP contribution in [0, 0.1) is 5.41 Å². The maximum absolute atomic E-state index is 14.9. The Morgan fingerprint density at radius 3 is 2.84 bits per heavy atom. The van der Waals surface area contributed by atoms with Crippen molar-refractivity contribution in [3.05, 3.63) is 30.1 Å². The van der Waals surface area contributed by atoms with Crippen LogP contribution in [0.15, 0.2) is 24.4 Å². The number of carbonyl (C=O) groups excluding carboxylic acids is 1. The predicted octanol–water partition coefficient (Wildman–Crippen LogP) is 3.81. The number of anilines is 2. The van der Waals surface area contributed by atoms with Gasteiger partial charge in [-0.25, -0.2) is 22.9 Å². The van der Waals surface area contributed by atoms with Crippen molar-refractivity contribution in [3.8, 4) is 5.88 Å². The molecule has 0 aromatic carbocycles. The van der Waals surface area contributed by atoms with Gasteiger partial charge in [-0.1, -0.05) is 0 Å². The maximum Gasteiger partial charge on any atom is 0.408 e. The van der Waals surface area contributed by atoms with Crippen molar-refractivity contribution in [3.63, 3.8) is 0 Å². The Hall–Kier alpha value is -2.98. The summed E-state index contributed by atoms with van der Waals surface area (Å²) in [7, 11) is 0. The molecule has 9 rings (SSSR count). The number of amides is 1. The highest BCUT2D eigenvalue weighted by Gasteiger charge is 2.88. The minimum Gasteiger partial charge on any atom is -0.478 e. The smallest absolute Gasteiger partial charge is 0.408 e. The first-order valence-electron chi connectivity index (χ1n) is 10.7. The van der Waals surface area contributed by atoms with Crippen LogP contribution in [-0.4, -0.2) is 51.6 Å². The van der Waals surface area contributed by atoms with E-state index in [2.05, 4.69) is 25.8 Å². The molecule has 2 aromatic rings. The third-order valence-corrected chi connectivity index (χ3v) is 7.45. The Bertz CT molecular complexity index is 1070. The molecule has 3 aliphatic heterocycles. The molecule has 0 spiro atoms. The van der Waals surface area contributed by atoms with Crippen molar-refractivity contribution >= 4 is 17.6 Å². The summed E-state index contributed by atoms with van der Waals surface area (Å²) in [5.41, 5.74) is -1.44. The minimum atomic E-state index is -3.07. The number of alkyl carbamates (subject to hydrolysis) is 1. The Morgan fingerprint density at radius 1 is 1.19 bits per heavy atom. The van der Waals surface area contributed by atoms with Gasteiger partial charge in [0.25, 0.3) is 5.92 Å². The van der Waals surface area contributed by atoms with E-state index in [1.54, 1.807) is 24.4 Å². The normalized spacial score (nSPS) is 37.1. The highest BCUT2D eigenvalue weighted by molar-refractivity contribution is 5.70. The lowest BCUT2D eigenvalue weighted by Gasteiger charge is -2.74. The number of halogens is 3. The van der Waals surface area contributed by atoms with Gasteiger partial charge in [0.15, 0.2) is 5.82 Å². The van der Waals surface area contributed by atoms with E-state index in [-0.39, 0.29) is 44.6 Å². The molecule has 170 valence electrons. The van der Waals surface area contributed by atoms with Gasteiger partial charge in [0.1, 0.15) is 17.8 Å². The number of H-pyrrole nitrogens is 1. The molecule has 3 atom stereocenters. The van der Waals surface area contributed by atoms with E-state index in [0.29, 0.717) is 23.1 Å². The van der Waals surface area contributed by atoms with Gasteiger partial charge in [0.2, 0.25) is 5.88 Å². The van der Waals surface area contributed by atoms with Crippen LogP contribution in [0.2, 0.25) is 0 Å². The number of nitrogens with zero attached hydrogens (tertiary/aromatic N) is 2. The van der Waals surface area contributed by atoms with Gasteiger partial charge >= 0.3 is 6.09 Å². The Labute approximate surface area is 181 Å². The van der Waals surface area contributed by atoms with Gasteiger partial charge in [-0.2, -0.15) is 5.10 Å². The lowest BCUT2D eigenvalue weighted by Crippen LogP contribution is -2.89. The van der Waals surface area contributed by atoms with Crippen molar-refractivity contribution < 1.29 is 27.4 Å². The summed E-state index contributed by atoms with van der Waals surface area (Å²) >= 11 is 0. The third kappa shape index (κ3) is 2.72. The Morgan fingerprint density at radius 2 is 2.03 bits per heavy atom. The number of pyridine rings is 1. The SMILES string of the molecule is O=C1NC23CC(CCOc4cc(ccn4)Nc4cc([nH]n4)[C@H]4C[C@@H](F)[C@H](C4)O1)(C2)C3(F)F. The van der Waals surface area contributed by atoms with Crippen LogP contribution in [0.5, 0.6) is 5.88 Å². The standard InChI is InChI=1S/C21H22F3N5O3/c22-13-5-11-6-15(13)32-18(30)27-20-9-19(10-20,21(20,23)24)2-4-31-17-7-12(1-3-25-17)26-16-8-14(11)28-29-16/h1,3,7-8,11,13,15H,2,4-6,9-10H2,(H,27,30)(H2,26,28,29)/t11-,13+,15-,19?,20?/m0/s1. The highest BCUT2D eigenvalue weighted by atomic mass is 19.3. The second-order valence-electron chi connectivity index (χ2n) is 9.36. The number of nitrogens with one attached hydrogen (secondary N) is 3. The van der Waals surface area contributed by atoms with E-state index in [4.69, 9.17) is 9.47 Å². The number of hydrogen-bond acceptors (Lipinski definition) is 6. The lowest BCUT2D eigenvalue weighted by molar-refractivity contribution is -0.374. The van der Waals surface area contributed by atoms with E-state index < -0.39 is 35.2 Å². The zero-order valence-corrected chi connectivity index (χ0v) is 17.0. The molecule has 5 heterocycles. The summed E-state index contributed by atoms with van der Waals surface area (Å²) in [6.45, 7) is 0.0758. The van der Waals surface area contributed by atoms with Crippen molar-refractivity contribution in [1.29, 1.82) is 0 Å². The maximum atomic E-state index is 14.9. The summed E-state index contributed by atoms with van der Waals surface area (Å²) in [4.78, 5) is 16.5. The lowest BCUT2D eigenvalue weighted by atomic mass is 9.35. The van der Waals surface area contributed by atoms with E-state index in [1.165, 1.54) is 0 Å². The van der Waals surface area contributed by atoms with Gasteiger partial charge in [-0.05, 0) is 38.2 Å². The number of aromatic nitrogens is 3. The second kappa shape index (κ2) is 6.52. The van der Waals surface area contributed by atoms with Gasteiger partial charge < -0.3 is 20.1 Å². The van der Waals surface area contributed by atoms with E-state index in [9.17, 15) is 18.0 Å². The van der Waals surface area contributed by atoms with Crippen LogP contribution in [0.3, 0.4) is 0 Å². The molecule has 8 bridgehead atoms. The molecule has 7 aliphatic rings. The summed E-state index contributed by atoms with van der Waals surface area (Å²) in [5, 5.41) is 12.6. The number of alkyl halides is 3. The molecule has 32 heavy (non-hydrogen) atoms. The minimum absolute atomic E-state index is 0.0758. The molecular formula is C21H22F3N5O3. The third-order valence-electron chi connectivity index (χ3n) is 7.45. The van der Waals surface area contributed by atoms with Crippen molar-refractivity contribution in [2.45, 2.75) is 61.8 Å². The highest BCUT2D eigenvalue weighted by Crippen LogP contribution is 2.77. The molecule has 4 fully saturated rings. The molecule has 3 N–H and O–H groups in total. The molecular weight excluding hydrogens is 427 g/mol. The topological polar surface area (TPSA) is 101 Å². The molecule has 0 saturated heterocycles. The first kappa shape index (κ1) is 19.7. The number of rotatable bonds is 0. The van der Waals surface area contributed by atoms with Gasteiger partial charge in [-0.3, -0.25) is 5.10 Å².